The molecule has 3 aromatic rings. The van der Waals surface area contributed by atoms with E-state index in [-0.39, 0.29) is 11.9 Å². The summed E-state index contributed by atoms with van der Waals surface area (Å²) in [5.41, 5.74) is 2.19. The average Bonchev–Trinajstić information content (AvgIpc) is 3.20. The van der Waals surface area contributed by atoms with Crippen LogP contribution >= 0.6 is 0 Å². The summed E-state index contributed by atoms with van der Waals surface area (Å²) in [6, 6.07) is 13.7. The number of hydrogen-bond acceptors (Lipinski definition) is 5. The number of hydrogen-bond donors (Lipinski definition) is 1. The lowest BCUT2D eigenvalue weighted by Crippen LogP contribution is -2.52. The van der Waals surface area contributed by atoms with Crippen LogP contribution in [0.25, 0.3) is 17.1 Å². The molecule has 1 aliphatic rings. The molecule has 0 radical (unpaired) electrons. The van der Waals surface area contributed by atoms with Crippen molar-refractivity contribution >= 4 is 5.91 Å². The van der Waals surface area contributed by atoms with Crippen LogP contribution in [0.2, 0.25) is 0 Å². The molecule has 28 heavy (non-hydrogen) atoms. The third kappa shape index (κ3) is 3.48. The summed E-state index contributed by atoms with van der Waals surface area (Å²) < 4.78 is 7.08. The van der Waals surface area contributed by atoms with Crippen molar-refractivity contribution in [3.63, 3.8) is 0 Å². The van der Waals surface area contributed by atoms with Gasteiger partial charge in [-0.15, -0.1) is 0 Å². The number of ether oxygens (including phenoxy) is 1. The van der Waals surface area contributed by atoms with E-state index in [0.29, 0.717) is 23.9 Å². The topological polar surface area (TPSA) is 72.3 Å². The van der Waals surface area contributed by atoms with Crippen LogP contribution in [0.4, 0.5) is 0 Å². The van der Waals surface area contributed by atoms with E-state index in [2.05, 4.69) is 10.3 Å². The number of carbonyl (C=O) groups is 1. The predicted octanol–water partition coefficient (Wildman–Crippen LogP) is 2.38. The SMILES string of the molecule is COc1ccc(-c2nc(C(=O)N3CCNCC3C)cn2-c2ccccc2)cn1. The van der Waals surface area contributed by atoms with E-state index in [4.69, 9.17) is 9.72 Å². The first kappa shape index (κ1) is 18.2. The zero-order valence-corrected chi connectivity index (χ0v) is 16.0. The van der Waals surface area contributed by atoms with Gasteiger partial charge in [-0.1, -0.05) is 18.2 Å². The van der Waals surface area contributed by atoms with Crippen molar-refractivity contribution in [1.82, 2.24) is 24.8 Å². The molecule has 1 fully saturated rings. The molecule has 0 aliphatic carbocycles. The first-order valence-corrected chi connectivity index (χ1v) is 9.34. The largest absolute Gasteiger partial charge is 0.481 e. The van der Waals surface area contributed by atoms with Gasteiger partial charge in [-0.2, -0.15) is 0 Å². The molecule has 1 amide bonds. The minimum Gasteiger partial charge on any atom is -0.481 e. The molecule has 0 spiro atoms. The highest BCUT2D eigenvalue weighted by atomic mass is 16.5. The van der Waals surface area contributed by atoms with Gasteiger partial charge in [0.2, 0.25) is 5.88 Å². The molecule has 1 unspecified atom stereocenters. The maximum atomic E-state index is 13.1. The van der Waals surface area contributed by atoms with Crippen molar-refractivity contribution < 1.29 is 9.53 Å². The molecule has 7 nitrogen and oxygen atoms in total. The maximum absolute atomic E-state index is 13.1. The Morgan fingerprint density at radius 3 is 2.71 bits per heavy atom. The van der Waals surface area contributed by atoms with E-state index in [9.17, 15) is 4.79 Å². The molecule has 1 saturated heterocycles. The van der Waals surface area contributed by atoms with Gasteiger partial charge in [0.1, 0.15) is 11.5 Å². The smallest absolute Gasteiger partial charge is 0.274 e. The van der Waals surface area contributed by atoms with Gasteiger partial charge >= 0.3 is 0 Å². The fraction of sp³-hybridized carbons (Fsp3) is 0.286. The lowest BCUT2D eigenvalue weighted by atomic mass is 10.2. The van der Waals surface area contributed by atoms with Crippen molar-refractivity contribution in [2.75, 3.05) is 26.7 Å². The van der Waals surface area contributed by atoms with Crippen molar-refractivity contribution in [3.05, 3.63) is 60.6 Å². The fourth-order valence-corrected chi connectivity index (χ4v) is 3.40. The third-order valence-corrected chi connectivity index (χ3v) is 4.93. The molecule has 3 heterocycles. The summed E-state index contributed by atoms with van der Waals surface area (Å²) in [6.45, 7) is 4.31. The third-order valence-electron chi connectivity index (χ3n) is 4.93. The van der Waals surface area contributed by atoms with Crippen LogP contribution in [0.3, 0.4) is 0 Å². The lowest BCUT2D eigenvalue weighted by molar-refractivity contribution is 0.0650. The number of carbonyl (C=O) groups excluding carboxylic acids is 1. The monoisotopic (exact) mass is 377 g/mol. The van der Waals surface area contributed by atoms with Gasteiger partial charge < -0.3 is 15.0 Å². The summed E-state index contributed by atoms with van der Waals surface area (Å²) in [6.07, 6.45) is 3.52. The number of para-hydroxylation sites is 1. The summed E-state index contributed by atoms with van der Waals surface area (Å²) in [5.74, 6) is 1.16. The predicted molar refractivity (Wildman–Crippen MR) is 107 cm³/mol. The number of nitrogens with one attached hydrogen (secondary N) is 1. The standard InChI is InChI=1S/C21H23N5O2/c1-15-12-22-10-11-25(15)21(27)18-14-26(17-6-4-3-5-7-17)20(24-18)16-8-9-19(28-2)23-13-16/h3-9,13-15,22H,10-12H2,1-2H3. The Bertz CT molecular complexity index is 953. The Morgan fingerprint density at radius 1 is 1.21 bits per heavy atom. The average molecular weight is 377 g/mol. The molecule has 1 aromatic carbocycles. The second-order valence-electron chi connectivity index (χ2n) is 6.80. The van der Waals surface area contributed by atoms with Crippen LogP contribution < -0.4 is 10.1 Å². The number of methoxy groups -OCH3 is 1. The van der Waals surface area contributed by atoms with Crippen molar-refractivity contribution in [3.8, 4) is 23.0 Å². The first-order valence-electron chi connectivity index (χ1n) is 9.34. The van der Waals surface area contributed by atoms with Gasteiger partial charge in [-0.05, 0) is 25.1 Å². The van der Waals surface area contributed by atoms with E-state index >= 15 is 0 Å². The normalized spacial score (nSPS) is 16.8. The second-order valence-corrected chi connectivity index (χ2v) is 6.80. The number of amides is 1. The van der Waals surface area contributed by atoms with Gasteiger partial charge in [-0.25, -0.2) is 9.97 Å². The summed E-state index contributed by atoms with van der Waals surface area (Å²) >= 11 is 0. The number of imidazole rings is 1. The van der Waals surface area contributed by atoms with E-state index in [0.717, 1.165) is 24.3 Å². The van der Waals surface area contributed by atoms with E-state index < -0.39 is 0 Å². The van der Waals surface area contributed by atoms with Crippen LogP contribution in [-0.2, 0) is 0 Å². The van der Waals surface area contributed by atoms with Crippen LogP contribution in [0.1, 0.15) is 17.4 Å². The molecule has 144 valence electrons. The van der Waals surface area contributed by atoms with Crippen molar-refractivity contribution in [2.45, 2.75) is 13.0 Å². The molecule has 0 saturated carbocycles. The summed E-state index contributed by atoms with van der Waals surface area (Å²) in [7, 11) is 1.58. The van der Waals surface area contributed by atoms with E-state index in [1.54, 1.807) is 19.4 Å². The molecule has 1 atom stereocenters. The molecule has 1 N–H and O–H groups in total. The van der Waals surface area contributed by atoms with Crippen LogP contribution in [0.15, 0.2) is 54.9 Å². The van der Waals surface area contributed by atoms with Crippen molar-refractivity contribution in [2.24, 2.45) is 0 Å². The van der Waals surface area contributed by atoms with Crippen LogP contribution in [-0.4, -0.2) is 58.1 Å². The van der Waals surface area contributed by atoms with E-state index in [1.807, 2.05) is 59.0 Å². The quantitative estimate of drug-likeness (QED) is 0.756. The molecule has 0 bridgehead atoms. The Labute approximate surface area is 164 Å². The number of aromatic nitrogens is 3. The van der Waals surface area contributed by atoms with E-state index in [1.165, 1.54) is 0 Å². The van der Waals surface area contributed by atoms with Gasteiger partial charge in [0.15, 0.2) is 0 Å². The molecular formula is C21H23N5O2. The number of benzene rings is 1. The summed E-state index contributed by atoms with van der Waals surface area (Å²) in [5, 5.41) is 3.31. The summed E-state index contributed by atoms with van der Waals surface area (Å²) in [4.78, 5) is 24.0. The first-order chi connectivity index (χ1) is 13.7. The second kappa shape index (κ2) is 7.82. The molecule has 1 aliphatic heterocycles. The van der Waals surface area contributed by atoms with Crippen LogP contribution in [0, 0.1) is 0 Å². The molecular weight excluding hydrogens is 354 g/mol. The minimum absolute atomic E-state index is 0.0496. The van der Waals surface area contributed by atoms with Gasteiger partial charge in [0.25, 0.3) is 5.91 Å². The zero-order valence-electron chi connectivity index (χ0n) is 16.0. The number of rotatable bonds is 4. The Morgan fingerprint density at radius 2 is 2.04 bits per heavy atom. The highest BCUT2D eigenvalue weighted by molar-refractivity contribution is 5.93. The van der Waals surface area contributed by atoms with Gasteiger partial charge in [0, 0.05) is 55.4 Å². The van der Waals surface area contributed by atoms with Crippen molar-refractivity contribution in [1.29, 1.82) is 0 Å². The van der Waals surface area contributed by atoms with Gasteiger partial charge in [0.05, 0.1) is 7.11 Å². The minimum atomic E-state index is -0.0496. The molecule has 7 heteroatoms. The zero-order chi connectivity index (χ0) is 19.5. The molecule has 4 rings (SSSR count). The lowest BCUT2D eigenvalue weighted by Gasteiger charge is -2.33. The highest BCUT2D eigenvalue weighted by Gasteiger charge is 2.27. The maximum Gasteiger partial charge on any atom is 0.274 e. The fourth-order valence-electron chi connectivity index (χ4n) is 3.40. The van der Waals surface area contributed by atoms with Crippen LogP contribution in [0.5, 0.6) is 5.88 Å². The Hall–Kier alpha value is -3.19. The highest BCUT2D eigenvalue weighted by Crippen LogP contribution is 2.24. The van der Waals surface area contributed by atoms with Gasteiger partial charge in [-0.3, -0.25) is 9.36 Å². The number of piperazine rings is 1. The Balaban J connectivity index is 1.76. The molecule has 2 aromatic heterocycles. The number of nitrogens with zero attached hydrogens (tertiary/aromatic N) is 4. The number of pyridine rings is 1. The Kier molecular flexibility index (Phi) is 5.08.